The molecule has 1 saturated carbocycles. The van der Waals surface area contributed by atoms with Crippen molar-refractivity contribution < 1.29 is 48.8 Å². The second-order valence-electron chi connectivity index (χ2n) is 12.3. The molecule has 2 aromatic rings. The van der Waals surface area contributed by atoms with Crippen LogP contribution in [0.2, 0.25) is 0 Å². The summed E-state index contributed by atoms with van der Waals surface area (Å²) >= 11 is 0. The van der Waals surface area contributed by atoms with Crippen LogP contribution in [0.4, 0.5) is 4.79 Å². The molecule has 0 heterocycles. The molecule has 1 aliphatic rings. The van der Waals surface area contributed by atoms with Crippen LogP contribution in [0.5, 0.6) is 5.75 Å². The van der Waals surface area contributed by atoms with Crippen molar-refractivity contribution in [2.75, 3.05) is 20.2 Å². The van der Waals surface area contributed by atoms with Gasteiger partial charge < -0.3 is 47.1 Å². The third-order valence-electron chi connectivity index (χ3n) is 8.85. The maximum atomic E-state index is 13.5. The summed E-state index contributed by atoms with van der Waals surface area (Å²) in [6.45, 7) is 0.744. The normalized spacial score (nSPS) is 17.6. The van der Waals surface area contributed by atoms with Crippen LogP contribution in [-0.4, -0.2) is 89.4 Å². The third kappa shape index (κ3) is 11.9. The number of carbonyl (C=O) groups is 6. The Morgan fingerprint density at radius 3 is 2.10 bits per heavy atom. The Balaban J connectivity index is 1.60. The highest BCUT2D eigenvalue weighted by molar-refractivity contribution is 5.92. The number of carboxylic acids is 3. The number of nitrogens with one attached hydrogen (secondary N) is 4. The van der Waals surface area contributed by atoms with Crippen LogP contribution in [0.1, 0.15) is 63.4 Å². The first-order chi connectivity index (χ1) is 23.4. The minimum atomic E-state index is -1.51. The van der Waals surface area contributed by atoms with E-state index in [1.807, 2.05) is 36.4 Å². The van der Waals surface area contributed by atoms with Gasteiger partial charge in [0.2, 0.25) is 11.8 Å². The highest BCUT2D eigenvalue weighted by Crippen LogP contribution is 2.31. The number of ether oxygens (including phenoxy) is 1. The Bertz CT molecular complexity index is 1480. The molecule has 3 rings (SSSR count). The van der Waals surface area contributed by atoms with Gasteiger partial charge in [-0.15, -0.1) is 0 Å². The zero-order valence-electron chi connectivity index (χ0n) is 27.6. The van der Waals surface area contributed by atoms with Crippen molar-refractivity contribution in [2.24, 2.45) is 17.6 Å². The van der Waals surface area contributed by atoms with Gasteiger partial charge in [-0.3, -0.25) is 14.4 Å². The van der Waals surface area contributed by atoms with Gasteiger partial charge in [0.25, 0.3) is 0 Å². The van der Waals surface area contributed by atoms with Crippen LogP contribution in [0.25, 0.3) is 10.8 Å². The van der Waals surface area contributed by atoms with Gasteiger partial charge in [-0.25, -0.2) is 14.4 Å². The molecular formula is C34H47N5O10. The minimum absolute atomic E-state index is 0.0224. The van der Waals surface area contributed by atoms with Gasteiger partial charge in [0.1, 0.15) is 23.9 Å². The molecule has 268 valence electrons. The summed E-state index contributed by atoms with van der Waals surface area (Å²) in [6.07, 6.45) is 2.98. The molecule has 0 radical (unpaired) electrons. The van der Waals surface area contributed by atoms with Gasteiger partial charge in [0, 0.05) is 30.7 Å². The van der Waals surface area contributed by atoms with Crippen LogP contribution in [0.3, 0.4) is 0 Å². The summed E-state index contributed by atoms with van der Waals surface area (Å²) in [7, 11) is 1.56. The number of aliphatic carboxylic acids is 3. The highest BCUT2D eigenvalue weighted by atomic mass is 16.5. The second kappa shape index (κ2) is 19.2. The molecular weight excluding hydrogens is 638 g/mol. The summed E-state index contributed by atoms with van der Waals surface area (Å²) in [5.41, 5.74) is 6.56. The molecule has 3 atom stereocenters. The third-order valence-corrected chi connectivity index (χ3v) is 8.85. The molecule has 0 saturated heterocycles. The van der Waals surface area contributed by atoms with Crippen LogP contribution in [0.15, 0.2) is 36.4 Å². The number of carboxylic acid groups (broad SMARTS) is 3. The van der Waals surface area contributed by atoms with Crippen molar-refractivity contribution in [1.82, 2.24) is 21.3 Å². The lowest BCUT2D eigenvalue weighted by atomic mass is 9.81. The minimum Gasteiger partial charge on any atom is -0.496 e. The number of fused-ring (bicyclic) bond motifs is 1. The molecule has 1 aliphatic carbocycles. The molecule has 9 N–H and O–H groups in total. The lowest BCUT2D eigenvalue weighted by Gasteiger charge is -2.28. The van der Waals surface area contributed by atoms with E-state index in [1.54, 1.807) is 7.11 Å². The predicted molar refractivity (Wildman–Crippen MR) is 179 cm³/mol. The number of hydrogen-bond acceptors (Lipinski definition) is 8. The van der Waals surface area contributed by atoms with Gasteiger partial charge in [-0.1, -0.05) is 36.4 Å². The summed E-state index contributed by atoms with van der Waals surface area (Å²) in [6, 6.07) is 6.67. The number of benzene rings is 2. The van der Waals surface area contributed by atoms with E-state index in [-0.39, 0.29) is 44.1 Å². The number of rotatable bonds is 19. The number of carbonyl (C=O) groups excluding carboxylic acids is 3. The number of nitrogens with two attached hydrogens (primary N) is 1. The molecule has 0 spiro atoms. The lowest BCUT2D eigenvalue weighted by Crippen LogP contribution is -2.51. The Morgan fingerprint density at radius 2 is 1.49 bits per heavy atom. The van der Waals surface area contributed by atoms with E-state index in [9.17, 15) is 39.0 Å². The molecule has 0 aliphatic heterocycles. The number of methoxy groups -OCH3 is 1. The molecule has 0 unspecified atom stereocenters. The monoisotopic (exact) mass is 685 g/mol. The number of unbranched alkanes of at least 4 members (excludes halogenated alkanes) is 1. The fraction of sp³-hybridized carbons (Fsp3) is 0.529. The molecule has 49 heavy (non-hydrogen) atoms. The van der Waals surface area contributed by atoms with Gasteiger partial charge in [-0.05, 0) is 74.8 Å². The SMILES string of the molecule is COc1c(C[C@@H](NC(=O)C2CCC(CN)CC2)C(=O)NCCCC[C@H](NC(=O)N[C@@H](CCC(=O)O)C(=O)O)C(=O)O)ccc2ccccc12. The van der Waals surface area contributed by atoms with Gasteiger partial charge in [0.15, 0.2) is 0 Å². The Morgan fingerprint density at radius 1 is 0.837 bits per heavy atom. The van der Waals surface area contributed by atoms with Crippen LogP contribution >= 0.6 is 0 Å². The average molecular weight is 686 g/mol. The zero-order valence-corrected chi connectivity index (χ0v) is 27.6. The van der Waals surface area contributed by atoms with E-state index in [4.69, 9.17) is 15.6 Å². The number of amides is 4. The van der Waals surface area contributed by atoms with Gasteiger partial charge >= 0.3 is 23.9 Å². The van der Waals surface area contributed by atoms with E-state index in [2.05, 4.69) is 21.3 Å². The number of urea groups is 1. The first-order valence-electron chi connectivity index (χ1n) is 16.5. The first-order valence-corrected chi connectivity index (χ1v) is 16.5. The van der Waals surface area contributed by atoms with Crippen molar-refractivity contribution in [3.8, 4) is 5.75 Å². The first kappa shape index (κ1) is 38.5. The van der Waals surface area contributed by atoms with Crippen LogP contribution in [-0.2, 0) is 30.4 Å². The van der Waals surface area contributed by atoms with Crippen LogP contribution in [0, 0.1) is 11.8 Å². The van der Waals surface area contributed by atoms with E-state index in [0.717, 1.165) is 29.2 Å². The smallest absolute Gasteiger partial charge is 0.326 e. The summed E-state index contributed by atoms with van der Waals surface area (Å²) in [5, 5.41) is 39.5. The van der Waals surface area contributed by atoms with Crippen molar-refractivity contribution in [2.45, 2.75) is 82.3 Å². The molecule has 15 nitrogen and oxygen atoms in total. The molecule has 0 aromatic heterocycles. The molecule has 15 heteroatoms. The fourth-order valence-electron chi connectivity index (χ4n) is 6.02. The van der Waals surface area contributed by atoms with Crippen molar-refractivity contribution in [1.29, 1.82) is 0 Å². The van der Waals surface area contributed by atoms with Gasteiger partial charge in [0.05, 0.1) is 7.11 Å². The van der Waals surface area contributed by atoms with Gasteiger partial charge in [-0.2, -0.15) is 0 Å². The van der Waals surface area contributed by atoms with E-state index in [1.165, 1.54) is 0 Å². The summed E-state index contributed by atoms with van der Waals surface area (Å²) in [5.74, 6) is -3.86. The molecule has 0 bridgehead atoms. The zero-order chi connectivity index (χ0) is 35.9. The predicted octanol–water partition coefficient (Wildman–Crippen LogP) is 2.00. The van der Waals surface area contributed by atoms with E-state index >= 15 is 0 Å². The van der Waals surface area contributed by atoms with Crippen molar-refractivity contribution in [3.05, 3.63) is 42.0 Å². The Hall–Kier alpha value is -4.92. The molecule has 4 amide bonds. The number of hydrogen-bond donors (Lipinski definition) is 8. The maximum Gasteiger partial charge on any atom is 0.326 e. The topological polar surface area (TPSA) is 246 Å². The summed E-state index contributed by atoms with van der Waals surface area (Å²) < 4.78 is 5.73. The van der Waals surface area contributed by atoms with Crippen molar-refractivity contribution in [3.63, 3.8) is 0 Å². The lowest BCUT2D eigenvalue weighted by molar-refractivity contribution is -0.141. The molecule has 1 fully saturated rings. The maximum absolute atomic E-state index is 13.5. The summed E-state index contributed by atoms with van der Waals surface area (Å²) in [4.78, 5) is 73.0. The second-order valence-corrected chi connectivity index (χ2v) is 12.3. The molecule has 2 aromatic carbocycles. The average Bonchev–Trinajstić information content (AvgIpc) is 3.08. The van der Waals surface area contributed by atoms with Crippen molar-refractivity contribution >= 4 is 46.5 Å². The van der Waals surface area contributed by atoms with Crippen LogP contribution < -0.4 is 31.7 Å². The Labute approximate surface area is 284 Å². The Kier molecular flexibility index (Phi) is 15.1. The van der Waals surface area contributed by atoms with E-state index < -0.39 is 54.4 Å². The van der Waals surface area contributed by atoms with E-state index in [0.29, 0.717) is 37.5 Å². The quantitative estimate of drug-likeness (QED) is 0.0994. The standard InChI is InChI=1S/C34H47N5O10/c1-49-29-23(14-13-21-6-2-3-7-24(21)29)18-27(37-30(42)22-11-9-20(19-35)10-12-22)31(43)36-17-5-4-8-25(32(44)45)38-34(48)39-26(33(46)47)15-16-28(40)41/h2-3,6-7,13-14,20,22,25-27H,4-5,8-12,15-19,35H2,1H3,(H,36,43)(H,37,42)(H,40,41)(H,44,45)(H,46,47)(H2,38,39,48)/t20?,22?,25-,26-,27+/m0/s1. The largest absolute Gasteiger partial charge is 0.496 e. The highest BCUT2D eigenvalue weighted by Gasteiger charge is 2.30. The fourth-order valence-corrected chi connectivity index (χ4v) is 6.02.